The van der Waals surface area contributed by atoms with Crippen LogP contribution in [-0.4, -0.2) is 21.6 Å². The minimum absolute atomic E-state index is 0.512. The van der Waals surface area contributed by atoms with Gasteiger partial charge >= 0.3 is 0 Å². The molecule has 0 radical (unpaired) electrons. The highest BCUT2D eigenvalue weighted by molar-refractivity contribution is 6.09. The highest BCUT2D eigenvalue weighted by Crippen LogP contribution is 2.48. The molecule has 5 heteroatoms. The van der Waals surface area contributed by atoms with Crippen molar-refractivity contribution in [2.45, 2.75) is 0 Å². The predicted molar refractivity (Wildman–Crippen MR) is 159 cm³/mol. The van der Waals surface area contributed by atoms with Crippen LogP contribution in [0.15, 0.2) is 121 Å². The van der Waals surface area contributed by atoms with Crippen LogP contribution in [0.1, 0.15) is 0 Å². The third kappa shape index (κ3) is 3.34. The number of benzene rings is 5. The van der Waals surface area contributed by atoms with Gasteiger partial charge in [-0.15, -0.1) is 0 Å². The average molecular weight is 518 g/mol. The van der Waals surface area contributed by atoms with E-state index in [1.165, 1.54) is 16.5 Å². The molecule has 0 saturated heterocycles. The van der Waals surface area contributed by atoms with Gasteiger partial charge in [0.2, 0.25) is 5.88 Å². The van der Waals surface area contributed by atoms with Gasteiger partial charge in [-0.2, -0.15) is 0 Å². The molecule has 0 aliphatic carbocycles. The molecule has 3 heterocycles. The summed E-state index contributed by atoms with van der Waals surface area (Å²) >= 11 is 0. The second-order valence-electron chi connectivity index (χ2n) is 9.81. The quantitative estimate of drug-likeness (QED) is 0.234. The molecule has 8 rings (SSSR count). The summed E-state index contributed by atoms with van der Waals surface area (Å²) in [5.74, 6) is 3.14. The predicted octanol–water partition coefficient (Wildman–Crippen LogP) is 8.69. The Morgan fingerprint density at radius 1 is 0.650 bits per heavy atom. The number of imidazole rings is 1. The molecule has 5 aromatic carbocycles. The van der Waals surface area contributed by atoms with Gasteiger partial charge in [0.25, 0.3) is 0 Å². The van der Waals surface area contributed by atoms with Crippen molar-refractivity contribution in [3.05, 3.63) is 121 Å². The number of nitrogens with zero attached hydrogens (tertiary/aromatic N) is 3. The van der Waals surface area contributed by atoms with Gasteiger partial charge in [0.1, 0.15) is 17.3 Å². The van der Waals surface area contributed by atoms with Crippen LogP contribution in [0.5, 0.6) is 17.4 Å². The third-order valence-corrected chi connectivity index (χ3v) is 7.60. The Labute approximate surface area is 230 Å². The maximum Gasteiger partial charge on any atom is 0.241 e. The van der Waals surface area contributed by atoms with E-state index in [1.54, 1.807) is 13.3 Å². The molecule has 2 aromatic heterocycles. The number of aromatic nitrogens is 3. The number of fused-ring (bicyclic) bond motifs is 3. The van der Waals surface area contributed by atoms with E-state index >= 15 is 0 Å². The van der Waals surface area contributed by atoms with E-state index in [0.29, 0.717) is 5.88 Å². The fourth-order valence-electron chi connectivity index (χ4n) is 5.79. The fourth-order valence-corrected chi connectivity index (χ4v) is 5.79. The summed E-state index contributed by atoms with van der Waals surface area (Å²) in [6, 6.07) is 39.8. The van der Waals surface area contributed by atoms with E-state index in [-0.39, 0.29) is 0 Å². The van der Waals surface area contributed by atoms with Gasteiger partial charge in [-0.25, -0.2) is 9.97 Å². The van der Waals surface area contributed by atoms with Crippen molar-refractivity contribution in [2.75, 3.05) is 7.11 Å². The molecule has 0 saturated carbocycles. The average Bonchev–Trinajstić information content (AvgIpc) is 3.42. The molecule has 0 spiro atoms. The zero-order valence-corrected chi connectivity index (χ0v) is 21.7. The first-order valence-corrected chi connectivity index (χ1v) is 13.2. The number of hydrogen-bond acceptors (Lipinski definition) is 4. The van der Waals surface area contributed by atoms with Crippen LogP contribution in [0.2, 0.25) is 0 Å². The number of hydrogen-bond donors (Lipinski definition) is 0. The van der Waals surface area contributed by atoms with Crippen LogP contribution in [0.4, 0.5) is 0 Å². The molecule has 40 heavy (non-hydrogen) atoms. The lowest BCUT2D eigenvalue weighted by molar-refractivity contribution is 0.402. The number of methoxy groups -OCH3 is 1. The van der Waals surface area contributed by atoms with Crippen molar-refractivity contribution < 1.29 is 9.47 Å². The van der Waals surface area contributed by atoms with Gasteiger partial charge in [-0.1, -0.05) is 84.9 Å². The van der Waals surface area contributed by atoms with Crippen molar-refractivity contribution in [3.8, 4) is 56.7 Å². The zero-order valence-electron chi connectivity index (χ0n) is 21.7. The highest BCUT2D eigenvalue weighted by atomic mass is 16.5. The zero-order chi connectivity index (χ0) is 26.6. The van der Waals surface area contributed by atoms with Gasteiger partial charge < -0.3 is 9.47 Å². The minimum Gasteiger partial charge on any atom is -0.479 e. The largest absolute Gasteiger partial charge is 0.479 e. The van der Waals surface area contributed by atoms with Crippen LogP contribution < -0.4 is 9.47 Å². The van der Waals surface area contributed by atoms with Crippen molar-refractivity contribution in [3.63, 3.8) is 0 Å². The van der Waals surface area contributed by atoms with Gasteiger partial charge in [0.15, 0.2) is 5.52 Å². The van der Waals surface area contributed by atoms with E-state index in [2.05, 4.69) is 88.4 Å². The first-order chi connectivity index (χ1) is 19.8. The molecular formula is C35H23N3O2. The van der Waals surface area contributed by atoms with Gasteiger partial charge in [-0.05, 0) is 52.4 Å². The monoisotopic (exact) mass is 517 g/mol. The Bertz CT molecular complexity index is 2060. The molecule has 1 aliphatic rings. The normalized spacial score (nSPS) is 11.8. The van der Waals surface area contributed by atoms with E-state index < -0.39 is 0 Å². The molecule has 5 nitrogen and oxygen atoms in total. The Morgan fingerprint density at radius 2 is 1.45 bits per heavy atom. The third-order valence-electron chi connectivity index (χ3n) is 7.60. The van der Waals surface area contributed by atoms with E-state index in [9.17, 15) is 0 Å². The maximum atomic E-state index is 6.30. The second-order valence-corrected chi connectivity index (χ2v) is 9.81. The number of ether oxygens (including phenoxy) is 2. The summed E-state index contributed by atoms with van der Waals surface area (Å²) in [4.78, 5) is 9.35. The first kappa shape index (κ1) is 22.6. The fraction of sp³-hybridized carbons (Fsp3) is 0.0286. The van der Waals surface area contributed by atoms with Gasteiger partial charge in [0.05, 0.1) is 12.6 Å². The standard InChI is InChI=1S/C35H23N3O2/c1-39-35-33-29(20-21-36-35)38(34(37-33)23-8-3-2-4-9-23)24-16-14-22(15-17-24)25-18-19-31-32-27(25)11-7-12-28(32)26-10-5-6-13-30(26)40-31/h2-21H,1H3. The number of pyridine rings is 1. The molecule has 0 atom stereocenters. The minimum atomic E-state index is 0.512. The molecule has 0 N–H and O–H groups in total. The van der Waals surface area contributed by atoms with E-state index in [4.69, 9.17) is 14.5 Å². The Hall–Kier alpha value is -5.42. The lowest BCUT2D eigenvalue weighted by Gasteiger charge is -2.22. The van der Waals surface area contributed by atoms with Crippen LogP contribution in [-0.2, 0) is 0 Å². The summed E-state index contributed by atoms with van der Waals surface area (Å²) < 4.78 is 14.0. The molecule has 0 amide bonds. The topological polar surface area (TPSA) is 49.2 Å². The van der Waals surface area contributed by atoms with Crippen LogP contribution in [0.25, 0.3) is 61.1 Å². The number of para-hydroxylation sites is 1. The molecule has 0 fully saturated rings. The first-order valence-electron chi connectivity index (χ1n) is 13.2. The summed E-state index contributed by atoms with van der Waals surface area (Å²) in [7, 11) is 1.63. The van der Waals surface area contributed by atoms with Crippen molar-refractivity contribution >= 4 is 21.8 Å². The van der Waals surface area contributed by atoms with Crippen molar-refractivity contribution in [1.29, 1.82) is 0 Å². The Balaban J connectivity index is 1.29. The van der Waals surface area contributed by atoms with Crippen LogP contribution in [0.3, 0.4) is 0 Å². The Morgan fingerprint density at radius 3 is 2.30 bits per heavy atom. The highest BCUT2D eigenvalue weighted by Gasteiger charge is 2.22. The lowest BCUT2D eigenvalue weighted by atomic mass is 9.90. The van der Waals surface area contributed by atoms with Crippen LogP contribution >= 0.6 is 0 Å². The van der Waals surface area contributed by atoms with Crippen LogP contribution in [0, 0.1) is 0 Å². The smallest absolute Gasteiger partial charge is 0.241 e. The van der Waals surface area contributed by atoms with E-state index in [0.717, 1.165) is 56.1 Å². The SMILES string of the molecule is COc1nccc2c1nc(-c1ccccc1)n2-c1ccc(-c2ccc3c4c(cccc24)-c2ccccc2O3)cc1. The Kier molecular flexibility index (Phi) is 4.97. The second kappa shape index (κ2) is 8.82. The summed E-state index contributed by atoms with van der Waals surface area (Å²) in [6.07, 6.45) is 1.76. The molecule has 0 unspecified atom stereocenters. The van der Waals surface area contributed by atoms with Crippen molar-refractivity contribution in [2.24, 2.45) is 0 Å². The van der Waals surface area contributed by atoms with Crippen molar-refractivity contribution in [1.82, 2.24) is 14.5 Å². The molecule has 7 aromatic rings. The van der Waals surface area contributed by atoms with Gasteiger partial charge in [-0.3, -0.25) is 4.57 Å². The lowest BCUT2D eigenvalue weighted by Crippen LogP contribution is -1.99. The molecule has 1 aliphatic heterocycles. The number of rotatable bonds is 4. The van der Waals surface area contributed by atoms with Gasteiger partial charge in [0, 0.05) is 28.4 Å². The molecular weight excluding hydrogens is 494 g/mol. The molecule has 0 bridgehead atoms. The maximum absolute atomic E-state index is 6.30. The van der Waals surface area contributed by atoms with E-state index in [1.807, 2.05) is 36.4 Å². The summed E-state index contributed by atoms with van der Waals surface area (Å²) in [6.45, 7) is 0. The summed E-state index contributed by atoms with van der Waals surface area (Å²) in [5, 5.41) is 2.32. The summed E-state index contributed by atoms with van der Waals surface area (Å²) in [5.41, 5.74) is 8.34. The molecule has 190 valence electrons.